The van der Waals surface area contributed by atoms with Crippen molar-refractivity contribution in [3.05, 3.63) is 96.1 Å². The van der Waals surface area contributed by atoms with Crippen molar-refractivity contribution in [2.75, 3.05) is 24.5 Å². The number of carbonyl (C=O) groups is 1. The molecule has 1 amide bonds. The molecule has 1 saturated carbocycles. The summed E-state index contributed by atoms with van der Waals surface area (Å²) in [5.41, 5.74) is 3.24. The Morgan fingerprint density at radius 2 is 1.59 bits per heavy atom. The van der Waals surface area contributed by atoms with Crippen LogP contribution in [0.3, 0.4) is 0 Å². The van der Waals surface area contributed by atoms with Crippen LogP contribution in [0.5, 0.6) is 5.75 Å². The first kappa shape index (κ1) is 24.3. The molecule has 1 aliphatic carbocycles. The molecule has 0 unspecified atom stereocenters. The second-order valence-corrected chi connectivity index (χ2v) is 9.19. The second-order valence-electron chi connectivity index (χ2n) is 9.19. The molecular weight excluding hydrogens is 444 g/mol. The van der Waals surface area contributed by atoms with Gasteiger partial charge in [0.2, 0.25) is 5.91 Å². The van der Waals surface area contributed by atoms with E-state index in [0.717, 1.165) is 49.5 Å². The van der Waals surface area contributed by atoms with Gasteiger partial charge in [0.25, 0.3) is 0 Å². The van der Waals surface area contributed by atoms with Gasteiger partial charge >= 0.3 is 0 Å². The molecule has 5 rings (SSSR count). The molecule has 4 nitrogen and oxygen atoms in total. The lowest BCUT2D eigenvalue weighted by atomic mass is 10.0. The average molecular weight is 477 g/mol. The topological polar surface area (TPSA) is 32.8 Å². The van der Waals surface area contributed by atoms with Crippen molar-refractivity contribution in [1.82, 2.24) is 4.90 Å². The summed E-state index contributed by atoms with van der Waals surface area (Å²) in [5, 5.41) is 0. The zero-order chi connectivity index (χ0) is 22.5. The third-order valence-corrected chi connectivity index (χ3v) is 6.63. The van der Waals surface area contributed by atoms with Gasteiger partial charge in [-0.25, -0.2) is 0 Å². The molecule has 1 heterocycles. The summed E-state index contributed by atoms with van der Waals surface area (Å²) < 4.78 is 6.11. The largest absolute Gasteiger partial charge is 0.489 e. The third kappa shape index (κ3) is 5.99. The quantitative estimate of drug-likeness (QED) is 0.365. The number of benzene rings is 3. The Morgan fingerprint density at radius 1 is 0.912 bits per heavy atom. The first-order valence-corrected chi connectivity index (χ1v) is 12.1. The molecule has 34 heavy (non-hydrogen) atoms. The number of likely N-dealkylation sites (tertiary alicyclic amines) is 1. The first-order valence-electron chi connectivity index (χ1n) is 12.1. The van der Waals surface area contributed by atoms with E-state index in [0.29, 0.717) is 6.61 Å². The molecule has 1 atom stereocenters. The number of anilines is 1. The number of hydrogen-bond acceptors (Lipinski definition) is 3. The van der Waals surface area contributed by atoms with Crippen LogP contribution in [-0.2, 0) is 11.4 Å². The smallest absolute Gasteiger partial charge is 0.230 e. The summed E-state index contributed by atoms with van der Waals surface area (Å²) in [6, 6.07) is 28.7. The first-order chi connectivity index (χ1) is 16.3. The van der Waals surface area contributed by atoms with E-state index < -0.39 is 0 Å². The van der Waals surface area contributed by atoms with E-state index in [1.54, 1.807) is 0 Å². The Hall–Kier alpha value is -2.82. The number of nitrogens with zero attached hydrogens (tertiary/aromatic N) is 2. The Morgan fingerprint density at radius 3 is 2.26 bits per heavy atom. The number of amides is 1. The minimum absolute atomic E-state index is 0. The van der Waals surface area contributed by atoms with Crippen molar-refractivity contribution in [1.29, 1.82) is 0 Å². The van der Waals surface area contributed by atoms with Crippen LogP contribution in [0.25, 0.3) is 0 Å². The number of ether oxygens (including phenoxy) is 1. The molecule has 1 aliphatic heterocycles. The van der Waals surface area contributed by atoms with E-state index in [2.05, 4.69) is 52.3 Å². The molecule has 2 fully saturated rings. The molecule has 3 aromatic rings. The minimum atomic E-state index is -0.0122. The highest BCUT2D eigenvalue weighted by molar-refractivity contribution is 5.97. The van der Waals surface area contributed by atoms with E-state index >= 15 is 0 Å². The maximum absolute atomic E-state index is 13.7. The molecule has 0 N–H and O–H groups in total. The predicted molar refractivity (Wildman–Crippen MR) is 140 cm³/mol. The van der Waals surface area contributed by atoms with Crippen molar-refractivity contribution in [3.8, 4) is 5.75 Å². The van der Waals surface area contributed by atoms with E-state index in [4.69, 9.17) is 4.74 Å². The van der Waals surface area contributed by atoms with Crippen LogP contribution in [0, 0.1) is 5.92 Å². The van der Waals surface area contributed by atoms with Gasteiger partial charge in [-0.3, -0.25) is 4.79 Å². The van der Waals surface area contributed by atoms with Crippen LogP contribution in [-0.4, -0.2) is 30.4 Å². The van der Waals surface area contributed by atoms with Crippen molar-refractivity contribution in [2.24, 2.45) is 5.92 Å². The highest BCUT2D eigenvalue weighted by Crippen LogP contribution is 2.38. The van der Waals surface area contributed by atoms with Gasteiger partial charge in [-0.05, 0) is 62.0 Å². The summed E-state index contributed by atoms with van der Waals surface area (Å²) >= 11 is 0. The van der Waals surface area contributed by atoms with Gasteiger partial charge in [0, 0.05) is 24.2 Å². The molecular formula is C29H33ClN2O2. The fourth-order valence-electron chi connectivity index (χ4n) is 4.67. The molecule has 0 bridgehead atoms. The van der Waals surface area contributed by atoms with E-state index in [1.165, 1.54) is 18.4 Å². The number of halogens is 1. The highest BCUT2D eigenvalue weighted by atomic mass is 35.5. The highest BCUT2D eigenvalue weighted by Gasteiger charge is 2.38. The number of hydrogen-bond donors (Lipinski definition) is 0. The Labute approximate surface area is 208 Å². The fraction of sp³-hybridized carbons (Fsp3) is 0.345. The van der Waals surface area contributed by atoms with E-state index in [9.17, 15) is 4.79 Å². The molecule has 178 valence electrons. The minimum Gasteiger partial charge on any atom is -0.489 e. The van der Waals surface area contributed by atoms with Crippen molar-refractivity contribution >= 4 is 24.0 Å². The molecule has 3 aromatic carbocycles. The lowest BCUT2D eigenvalue weighted by Crippen LogP contribution is -2.42. The molecule has 5 heteroatoms. The summed E-state index contributed by atoms with van der Waals surface area (Å²) in [5.74, 6) is 1.17. The lowest BCUT2D eigenvalue weighted by molar-refractivity contribution is -0.120. The van der Waals surface area contributed by atoms with Gasteiger partial charge in [-0.2, -0.15) is 0 Å². The van der Waals surface area contributed by atoms with Crippen molar-refractivity contribution < 1.29 is 9.53 Å². The zero-order valence-corrected chi connectivity index (χ0v) is 20.3. The fourth-order valence-corrected chi connectivity index (χ4v) is 4.67. The van der Waals surface area contributed by atoms with Crippen LogP contribution >= 0.6 is 12.4 Å². The molecule has 2 aliphatic rings. The van der Waals surface area contributed by atoms with E-state index in [1.807, 2.05) is 42.5 Å². The summed E-state index contributed by atoms with van der Waals surface area (Å²) in [7, 11) is 0. The normalized spacial score (nSPS) is 16.5. The lowest BCUT2D eigenvalue weighted by Gasteiger charge is -2.35. The zero-order valence-electron chi connectivity index (χ0n) is 19.5. The molecule has 0 spiro atoms. The van der Waals surface area contributed by atoms with Crippen molar-refractivity contribution in [2.45, 2.75) is 38.3 Å². The van der Waals surface area contributed by atoms with Gasteiger partial charge in [0.1, 0.15) is 12.4 Å². The third-order valence-electron chi connectivity index (χ3n) is 6.63. The monoisotopic (exact) mass is 476 g/mol. The van der Waals surface area contributed by atoms with Gasteiger partial charge in [0.15, 0.2) is 0 Å². The molecule has 0 aromatic heterocycles. The predicted octanol–water partition coefficient (Wildman–Crippen LogP) is 6.27. The maximum atomic E-state index is 13.7. The molecule has 1 saturated heterocycles. The van der Waals surface area contributed by atoms with Crippen molar-refractivity contribution in [3.63, 3.8) is 0 Å². The average Bonchev–Trinajstić information content (AvgIpc) is 3.60. The van der Waals surface area contributed by atoms with Crippen LogP contribution < -0.4 is 9.64 Å². The summed E-state index contributed by atoms with van der Waals surface area (Å²) in [6.45, 7) is 3.58. The maximum Gasteiger partial charge on any atom is 0.230 e. The SMILES string of the molecule is Cl.O=C(C1CC1)N(c1cccc(OCc2ccccc2)c1)[C@H](CN1CCCC1)c1ccccc1. The Balaban J connectivity index is 0.00000274. The van der Waals surface area contributed by atoms with Gasteiger partial charge in [-0.1, -0.05) is 66.7 Å². The van der Waals surface area contributed by atoms with Crippen LogP contribution in [0.15, 0.2) is 84.9 Å². The van der Waals surface area contributed by atoms with Crippen LogP contribution in [0.1, 0.15) is 42.9 Å². The number of carbonyl (C=O) groups excluding carboxylic acids is 1. The second kappa shape index (κ2) is 11.5. The summed E-state index contributed by atoms with van der Waals surface area (Å²) in [4.78, 5) is 18.2. The van der Waals surface area contributed by atoms with Gasteiger partial charge in [0.05, 0.1) is 6.04 Å². The van der Waals surface area contributed by atoms with Crippen LogP contribution in [0.2, 0.25) is 0 Å². The Kier molecular flexibility index (Phi) is 8.25. The van der Waals surface area contributed by atoms with Gasteiger partial charge < -0.3 is 14.5 Å². The summed E-state index contributed by atoms with van der Waals surface area (Å²) in [6.07, 6.45) is 4.46. The van der Waals surface area contributed by atoms with Gasteiger partial charge in [-0.15, -0.1) is 12.4 Å². The Bertz CT molecular complexity index is 1050. The number of rotatable bonds is 9. The van der Waals surface area contributed by atoms with E-state index in [-0.39, 0.29) is 30.3 Å². The molecule has 0 radical (unpaired) electrons. The standard InChI is InChI=1S/C29H32N2O2.ClH/c32-29(25-16-17-25)31(28(21-30-18-7-8-19-30)24-12-5-2-6-13-24)26-14-9-15-27(20-26)33-22-23-10-3-1-4-11-23;/h1-6,9-15,20,25,28H,7-8,16-19,21-22H2;1H/t28-;/m1./s1. The van der Waals surface area contributed by atoms with Crippen LogP contribution in [0.4, 0.5) is 5.69 Å².